The number of aromatic nitrogens is 1. The maximum absolute atomic E-state index is 14.0. The number of nitrogens with two attached hydrogens (primary N) is 1. The summed E-state index contributed by atoms with van der Waals surface area (Å²) in [6, 6.07) is 16.0. The van der Waals surface area contributed by atoms with Crippen LogP contribution in [0.15, 0.2) is 64.1 Å². The van der Waals surface area contributed by atoms with Gasteiger partial charge < -0.3 is 15.0 Å². The molecule has 1 unspecified atom stereocenters. The zero-order valence-corrected chi connectivity index (χ0v) is 16.8. The van der Waals surface area contributed by atoms with Crippen LogP contribution in [-0.4, -0.2) is 30.2 Å². The molecule has 3 rings (SSSR count). The number of rotatable bonds is 7. The number of carbonyl (C=O) groups excluding carboxylic acids is 1. The van der Waals surface area contributed by atoms with Crippen LogP contribution in [-0.2, 0) is 9.53 Å². The Bertz CT molecular complexity index is 1030. The molecule has 0 radical (unpaired) electrons. The summed E-state index contributed by atoms with van der Waals surface area (Å²) in [5, 5.41) is 6.82. The number of carbonyl (C=O) groups is 1. The number of guanidine groups is 1. The van der Waals surface area contributed by atoms with Crippen molar-refractivity contribution >= 4 is 17.8 Å². The van der Waals surface area contributed by atoms with Crippen molar-refractivity contribution in [3.05, 3.63) is 71.7 Å². The van der Waals surface area contributed by atoms with E-state index in [1.54, 1.807) is 31.2 Å². The molecule has 1 aromatic heterocycles. The van der Waals surface area contributed by atoms with Crippen LogP contribution >= 0.6 is 0 Å². The van der Waals surface area contributed by atoms with Gasteiger partial charge in [-0.3, -0.25) is 10.1 Å². The number of hydrogen-bond donors (Lipinski definition) is 2. The Labute approximate surface area is 173 Å². The molecule has 2 aromatic carbocycles. The number of nitrogens with zero attached hydrogens (tertiary/aromatic N) is 2. The number of halogens is 1. The van der Waals surface area contributed by atoms with Gasteiger partial charge >= 0.3 is 5.97 Å². The molecule has 0 aliphatic carbocycles. The van der Waals surface area contributed by atoms with E-state index in [0.717, 1.165) is 11.1 Å². The molecule has 0 saturated heterocycles. The summed E-state index contributed by atoms with van der Waals surface area (Å²) >= 11 is 0. The highest BCUT2D eigenvalue weighted by molar-refractivity contribution is 5.92. The lowest BCUT2D eigenvalue weighted by Gasteiger charge is -2.10. The van der Waals surface area contributed by atoms with E-state index in [1.807, 2.05) is 31.2 Å². The molecule has 8 heteroatoms. The number of ether oxygens (including phenoxy) is 1. The summed E-state index contributed by atoms with van der Waals surface area (Å²) in [6.07, 6.45) is 0. The molecule has 3 N–H and O–H groups in total. The normalized spacial score (nSPS) is 12.4. The number of nitrogens with one attached hydrogen (secondary N) is 1. The molecule has 7 nitrogen and oxygen atoms in total. The van der Waals surface area contributed by atoms with E-state index in [1.165, 1.54) is 6.07 Å². The third-order valence-electron chi connectivity index (χ3n) is 4.50. The van der Waals surface area contributed by atoms with Gasteiger partial charge in [0.05, 0.1) is 12.3 Å². The Morgan fingerprint density at radius 3 is 2.70 bits per heavy atom. The SMILES string of the molecule is CCOC(=O)CN=C(N)Nc1cc(C(C)c2ccc(-c3ccccc3F)cc2)no1. The fraction of sp³-hybridized carbons (Fsp3) is 0.227. The highest BCUT2D eigenvalue weighted by Gasteiger charge is 2.15. The summed E-state index contributed by atoms with van der Waals surface area (Å²) < 4.78 is 24.0. The number of esters is 1. The monoisotopic (exact) mass is 410 g/mol. The minimum absolute atomic E-state index is 0.0210. The average Bonchev–Trinajstić information content (AvgIpc) is 3.21. The smallest absolute Gasteiger partial charge is 0.327 e. The largest absolute Gasteiger partial charge is 0.465 e. The van der Waals surface area contributed by atoms with E-state index in [-0.39, 0.29) is 30.8 Å². The van der Waals surface area contributed by atoms with Crippen molar-refractivity contribution in [2.75, 3.05) is 18.5 Å². The third-order valence-corrected chi connectivity index (χ3v) is 4.50. The van der Waals surface area contributed by atoms with Crippen LogP contribution in [0.25, 0.3) is 11.1 Å². The topological polar surface area (TPSA) is 103 Å². The second-order valence-electron chi connectivity index (χ2n) is 6.57. The summed E-state index contributed by atoms with van der Waals surface area (Å²) in [6.45, 7) is 3.80. The molecule has 0 saturated carbocycles. The van der Waals surface area contributed by atoms with Crippen molar-refractivity contribution in [1.29, 1.82) is 0 Å². The first-order chi connectivity index (χ1) is 14.5. The summed E-state index contributed by atoms with van der Waals surface area (Å²) in [7, 11) is 0. The van der Waals surface area contributed by atoms with E-state index in [4.69, 9.17) is 15.0 Å². The molecular weight excluding hydrogens is 387 g/mol. The van der Waals surface area contributed by atoms with Gasteiger partial charge in [0, 0.05) is 17.5 Å². The molecule has 156 valence electrons. The Morgan fingerprint density at radius 1 is 1.27 bits per heavy atom. The number of hydrogen-bond acceptors (Lipinski definition) is 5. The average molecular weight is 410 g/mol. The van der Waals surface area contributed by atoms with Crippen molar-refractivity contribution in [1.82, 2.24) is 5.16 Å². The van der Waals surface area contributed by atoms with Gasteiger partial charge in [0.1, 0.15) is 12.4 Å². The first-order valence-corrected chi connectivity index (χ1v) is 9.52. The Balaban J connectivity index is 1.66. The predicted molar refractivity (Wildman–Crippen MR) is 113 cm³/mol. The fourth-order valence-electron chi connectivity index (χ4n) is 2.89. The Morgan fingerprint density at radius 2 is 2.00 bits per heavy atom. The second kappa shape index (κ2) is 9.69. The number of aliphatic imine (C=N–C) groups is 1. The summed E-state index contributed by atoms with van der Waals surface area (Å²) in [5.74, 6) is -0.449. The molecule has 0 aliphatic heterocycles. The highest BCUT2D eigenvalue weighted by Crippen LogP contribution is 2.28. The first-order valence-electron chi connectivity index (χ1n) is 9.52. The van der Waals surface area contributed by atoms with E-state index in [2.05, 4.69) is 15.5 Å². The molecule has 0 amide bonds. The van der Waals surface area contributed by atoms with E-state index < -0.39 is 5.97 Å². The molecule has 0 fully saturated rings. The summed E-state index contributed by atoms with van der Waals surface area (Å²) in [4.78, 5) is 15.2. The quantitative estimate of drug-likeness (QED) is 0.348. The predicted octanol–water partition coefficient (Wildman–Crippen LogP) is 3.92. The standard InChI is InChI=1S/C22H23FN4O3/c1-3-29-21(28)13-25-22(24)26-20-12-19(27-30-20)14(2)15-8-10-16(11-9-15)17-6-4-5-7-18(17)23/h4-12,14H,3,13H2,1-2H3,(H3,24,25,26). The van der Waals surface area contributed by atoms with Crippen LogP contribution in [0.2, 0.25) is 0 Å². The first kappa shape index (κ1) is 21.0. The zero-order valence-electron chi connectivity index (χ0n) is 16.8. The number of anilines is 1. The van der Waals surface area contributed by atoms with Crippen molar-refractivity contribution in [2.24, 2.45) is 10.7 Å². The molecule has 3 aromatic rings. The van der Waals surface area contributed by atoms with Crippen LogP contribution in [0, 0.1) is 5.82 Å². The van der Waals surface area contributed by atoms with E-state index in [0.29, 0.717) is 17.1 Å². The van der Waals surface area contributed by atoms with Crippen molar-refractivity contribution in [2.45, 2.75) is 19.8 Å². The van der Waals surface area contributed by atoms with Crippen molar-refractivity contribution in [3.63, 3.8) is 0 Å². The molecule has 1 atom stereocenters. The second-order valence-corrected chi connectivity index (χ2v) is 6.57. The molecule has 0 aliphatic rings. The lowest BCUT2D eigenvalue weighted by atomic mass is 9.95. The van der Waals surface area contributed by atoms with Gasteiger partial charge in [-0.1, -0.05) is 54.5 Å². The molecular formula is C22H23FN4O3. The Hall–Kier alpha value is -3.68. The van der Waals surface area contributed by atoms with Crippen LogP contribution in [0.1, 0.15) is 31.0 Å². The van der Waals surface area contributed by atoms with Crippen LogP contribution in [0.3, 0.4) is 0 Å². The van der Waals surface area contributed by atoms with Gasteiger partial charge in [0.2, 0.25) is 5.88 Å². The summed E-state index contributed by atoms with van der Waals surface area (Å²) in [5.41, 5.74) is 8.79. The van der Waals surface area contributed by atoms with E-state index in [9.17, 15) is 9.18 Å². The van der Waals surface area contributed by atoms with Gasteiger partial charge in [0.15, 0.2) is 5.96 Å². The maximum atomic E-state index is 14.0. The Kier molecular flexibility index (Phi) is 6.79. The lowest BCUT2D eigenvalue weighted by Crippen LogP contribution is -2.24. The van der Waals surface area contributed by atoms with Crippen molar-refractivity contribution < 1.29 is 18.4 Å². The molecule has 30 heavy (non-hydrogen) atoms. The molecule has 1 heterocycles. The minimum atomic E-state index is -0.465. The maximum Gasteiger partial charge on any atom is 0.327 e. The van der Waals surface area contributed by atoms with Crippen LogP contribution < -0.4 is 11.1 Å². The van der Waals surface area contributed by atoms with Gasteiger partial charge in [-0.05, 0) is 24.1 Å². The van der Waals surface area contributed by atoms with Crippen LogP contribution in [0.4, 0.5) is 10.3 Å². The van der Waals surface area contributed by atoms with Gasteiger partial charge in [0.25, 0.3) is 0 Å². The lowest BCUT2D eigenvalue weighted by molar-refractivity contribution is -0.141. The molecule has 0 spiro atoms. The van der Waals surface area contributed by atoms with Gasteiger partial charge in [-0.15, -0.1) is 0 Å². The fourth-order valence-corrected chi connectivity index (χ4v) is 2.89. The third kappa shape index (κ3) is 5.22. The van der Waals surface area contributed by atoms with Gasteiger partial charge in [-0.2, -0.15) is 0 Å². The zero-order chi connectivity index (χ0) is 21.5. The number of benzene rings is 2. The van der Waals surface area contributed by atoms with Crippen molar-refractivity contribution in [3.8, 4) is 11.1 Å². The minimum Gasteiger partial charge on any atom is -0.465 e. The van der Waals surface area contributed by atoms with Crippen LogP contribution in [0.5, 0.6) is 0 Å². The highest BCUT2D eigenvalue weighted by atomic mass is 19.1. The van der Waals surface area contributed by atoms with E-state index >= 15 is 0 Å². The molecule has 0 bridgehead atoms. The van der Waals surface area contributed by atoms with Gasteiger partial charge in [-0.25, -0.2) is 9.38 Å².